The van der Waals surface area contributed by atoms with Crippen LogP contribution in [0.25, 0.3) is 22.2 Å². The van der Waals surface area contributed by atoms with E-state index in [2.05, 4.69) is 9.97 Å². The maximum atomic E-state index is 12.7. The van der Waals surface area contributed by atoms with Crippen LogP contribution in [0.2, 0.25) is 0 Å². The molecule has 126 valence electrons. The van der Waals surface area contributed by atoms with Crippen LogP contribution < -0.4 is 0 Å². The standard InChI is InChI=1S/C22H16N2O2/c25-22(26-15-16-7-2-1-3-8-16)19-13-21(17-9-6-12-23-14-17)24-20-11-5-4-10-18(19)20/h1-14H,15H2. The van der Waals surface area contributed by atoms with Gasteiger partial charge in [-0.1, -0.05) is 48.5 Å². The first-order chi connectivity index (χ1) is 12.8. The first-order valence-electron chi connectivity index (χ1n) is 8.32. The summed E-state index contributed by atoms with van der Waals surface area (Å²) < 4.78 is 5.53. The van der Waals surface area contributed by atoms with Crippen molar-refractivity contribution in [1.82, 2.24) is 9.97 Å². The van der Waals surface area contributed by atoms with E-state index in [-0.39, 0.29) is 12.6 Å². The first kappa shape index (κ1) is 16.0. The third-order valence-electron chi connectivity index (χ3n) is 4.11. The fourth-order valence-electron chi connectivity index (χ4n) is 2.81. The summed E-state index contributed by atoms with van der Waals surface area (Å²) in [6.45, 7) is 0.235. The zero-order chi connectivity index (χ0) is 17.8. The van der Waals surface area contributed by atoms with Crippen LogP contribution in [0.1, 0.15) is 15.9 Å². The highest BCUT2D eigenvalue weighted by molar-refractivity contribution is 6.04. The second-order valence-electron chi connectivity index (χ2n) is 5.88. The lowest BCUT2D eigenvalue weighted by Crippen LogP contribution is -2.07. The summed E-state index contributed by atoms with van der Waals surface area (Å²) in [4.78, 5) is 21.5. The van der Waals surface area contributed by atoms with Gasteiger partial charge in [0.1, 0.15) is 6.61 Å². The van der Waals surface area contributed by atoms with Gasteiger partial charge in [0.25, 0.3) is 0 Å². The largest absolute Gasteiger partial charge is 0.457 e. The fourth-order valence-corrected chi connectivity index (χ4v) is 2.81. The third kappa shape index (κ3) is 3.30. The van der Waals surface area contributed by atoms with Gasteiger partial charge in [0, 0.05) is 23.3 Å². The van der Waals surface area contributed by atoms with Gasteiger partial charge in [-0.25, -0.2) is 9.78 Å². The van der Waals surface area contributed by atoms with E-state index in [1.54, 1.807) is 18.5 Å². The Morgan fingerprint density at radius 2 is 1.73 bits per heavy atom. The quantitative estimate of drug-likeness (QED) is 0.507. The maximum Gasteiger partial charge on any atom is 0.339 e. The molecule has 0 aliphatic rings. The van der Waals surface area contributed by atoms with E-state index in [0.29, 0.717) is 11.3 Å². The Hall–Kier alpha value is -3.53. The molecule has 0 amide bonds. The molecule has 0 aliphatic heterocycles. The van der Waals surface area contributed by atoms with Crippen LogP contribution >= 0.6 is 0 Å². The summed E-state index contributed by atoms with van der Waals surface area (Å²) in [7, 11) is 0. The van der Waals surface area contributed by atoms with E-state index in [1.807, 2.05) is 66.7 Å². The van der Waals surface area contributed by atoms with Crippen LogP contribution in [-0.4, -0.2) is 15.9 Å². The molecule has 2 aromatic heterocycles. The van der Waals surface area contributed by atoms with Crippen LogP contribution in [0, 0.1) is 0 Å². The van der Waals surface area contributed by atoms with E-state index >= 15 is 0 Å². The van der Waals surface area contributed by atoms with Crippen molar-refractivity contribution in [2.75, 3.05) is 0 Å². The highest BCUT2D eigenvalue weighted by atomic mass is 16.5. The molecule has 0 radical (unpaired) electrons. The second kappa shape index (κ2) is 7.15. The summed E-state index contributed by atoms with van der Waals surface area (Å²) in [6.07, 6.45) is 3.44. The molecule has 0 aliphatic carbocycles. The Morgan fingerprint density at radius 1 is 0.923 bits per heavy atom. The molecule has 0 atom stereocenters. The summed E-state index contributed by atoms with van der Waals surface area (Å²) in [6, 6.07) is 22.7. The predicted octanol–water partition coefficient (Wildman–Crippen LogP) is 4.65. The summed E-state index contributed by atoms with van der Waals surface area (Å²) >= 11 is 0. The summed E-state index contributed by atoms with van der Waals surface area (Å²) in [5.74, 6) is -0.363. The molecular formula is C22H16N2O2. The van der Waals surface area contributed by atoms with Gasteiger partial charge in [0.15, 0.2) is 0 Å². The molecule has 0 fully saturated rings. The maximum absolute atomic E-state index is 12.7. The van der Waals surface area contributed by atoms with Crippen LogP contribution in [0.15, 0.2) is 85.2 Å². The highest BCUT2D eigenvalue weighted by Crippen LogP contribution is 2.25. The SMILES string of the molecule is O=C(OCc1ccccc1)c1cc(-c2cccnc2)nc2ccccc12. The lowest BCUT2D eigenvalue weighted by molar-refractivity contribution is 0.0475. The Kier molecular flexibility index (Phi) is 4.39. The molecule has 4 heteroatoms. The Labute approximate surface area is 151 Å². The van der Waals surface area contributed by atoms with E-state index in [0.717, 1.165) is 22.0 Å². The number of hydrogen-bond acceptors (Lipinski definition) is 4. The number of esters is 1. The number of rotatable bonds is 4. The molecule has 4 aromatic rings. The average Bonchev–Trinajstić information content (AvgIpc) is 2.72. The van der Waals surface area contributed by atoms with E-state index < -0.39 is 0 Å². The molecule has 0 unspecified atom stereocenters. The third-order valence-corrected chi connectivity index (χ3v) is 4.11. The zero-order valence-corrected chi connectivity index (χ0v) is 14.0. The number of benzene rings is 2. The average molecular weight is 340 g/mol. The van der Waals surface area contributed by atoms with Crippen molar-refractivity contribution < 1.29 is 9.53 Å². The molecule has 0 saturated heterocycles. The van der Waals surface area contributed by atoms with Gasteiger partial charge in [-0.05, 0) is 29.8 Å². The van der Waals surface area contributed by atoms with Crippen LogP contribution in [0.4, 0.5) is 0 Å². The number of para-hydroxylation sites is 1. The minimum atomic E-state index is -0.363. The van der Waals surface area contributed by atoms with Crippen molar-refractivity contribution in [3.63, 3.8) is 0 Å². The number of aromatic nitrogens is 2. The normalized spacial score (nSPS) is 10.6. The minimum absolute atomic E-state index is 0.235. The van der Waals surface area contributed by atoms with E-state index in [1.165, 1.54) is 0 Å². The molecule has 26 heavy (non-hydrogen) atoms. The number of ether oxygens (including phenoxy) is 1. The first-order valence-corrected chi connectivity index (χ1v) is 8.32. The van der Waals surface area contributed by atoms with Gasteiger partial charge >= 0.3 is 5.97 Å². The van der Waals surface area contributed by atoms with E-state index in [9.17, 15) is 4.79 Å². The van der Waals surface area contributed by atoms with Crippen LogP contribution in [-0.2, 0) is 11.3 Å². The predicted molar refractivity (Wildman–Crippen MR) is 101 cm³/mol. The molecule has 2 heterocycles. The Bertz CT molecular complexity index is 1050. The summed E-state index contributed by atoms with van der Waals surface area (Å²) in [5, 5.41) is 0.776. The number of nitrogens with zero attached hydrogens (tertiary/aromatic N) is 2. The molecule has 0 saturated carbocycles. The van der Waals surface area contributed by atoms with Crippen molar-refractivity contribution in [2.45, 2.75) is 6.61 Å². The molecule has 0 N–H and O–H groups in total. The Morgan fingerprint density at radius 3 is 2.54 bits per heavy atom. The van der Waals surface area contributed by atoms with Crippen LogP contribution in [0.3, 0.4) is 0 Å². The van der Waals surface area contributed by atoms with Gasteiger partial charge < -0.3 is 4.74 Å². The van der Waals surface area contributed by atoms with Gasteiger partial charge in [-0.15, -0.1) is 0 Å². The lowest BCUT2D eigenvalue weighted by atomic mass is 10.1. The molecule has 0 bridgehead atoms. The van der Waals surface area contributed by atoms with Crippen LogP contribution in [0.5, 0.6) is 0 Å². The van der Waals surface area contributed by atoms with E-state index in [4.69, 9.17) is 4.74 Å². The number of carbonyl (C=O) groups is 1. The van der Waals surface area contributed by atoms with Crippen molar-refractivity contribution in [3.05, 3.63) is 96.3 Å². The minimum Gasteiger partial charge on any atom is -0.457 e. The number of carbonyl (C=O) groups excluding carboxylic acids is 1. The number of hydrogen-bond donors (Lipinski definition) is 0. The molecule has 2 aromatic carbocycles. The monoisotopic (exact) mass is 340 g/mol. The van der Waals surface area contributed by atoms with Crippen molar-refractivity contribution in [3.8, 4) is 11.3 Å². The summed E-state index contributed by atoms with van der Waals surface area (Å²) in [5.41, 5.74) is 3.76. The fraction of sp³-hybridized carbons (Fsp3) is 0.0455. The van der Waals surface area contributed by atoms with Crippen molar-refractivity contribution in [2.24, 2.45) is 0 Å². The van der Waals surface area contributed by atoms with Gasteiger partial charge in [0.2, 0.25) is 0 Å². The molecular weight excluding hydrogens is 324 g/mol. The smallest absolute Gasteiger partial charge is 0.339 e. The van der Waals surface area contributed by atoms with Gasteiger partial charge in [-0.3, -0.25) is 4.98 Å². The Balaban J connectivity index is 1.72. The molecule has 0 spiro atoms. The molecule has 4 rings (SSSR count). The second-order valence-corrected chi connectivity index (χ2v) is 5.88. The highest BCUT2D eigenvalue weighted by Gasteiger charge is 2.15. The number of fused-ring (bicyclic) bond motifs is 1. The topological polar surface area (TPSA) is 52.1 Å². The lowest BCUT2D eigenvalue weighted by Gasteiger charge is -2.10. The molecule has 4 nitrogen and oxygen atoms in total. The van der Waals surface area contributed by atoms with Gasteiger partial charge in [-0.2, -0.15) is 0 Å². The van der Waals surface area contributed by atoms with Crippen molar-refractivity contribution >= 4 is 16.9 Å². The number of pyridine rings is 2. The van der Waals surface area contributed by atoms with Gasteiger partial charge in [0.05, 0.1) is 16.8 Å². The zero-order valence-electron chi connectivity index (χ0n) is 14.0. The van der Waals surface area contributed by atoms with Crippen molar-refractivity contribution in [1.29, 1.82) is 0 Å².